The molecule has 0 fully saturated rings. The van der Waals surface area contributed by atoms with Crippen molar-refractivity contribution in [1.82, 2.24) is 0 Å². The number of carboxylic acids is 3. The zero-order valence-corrected chi connectivity index (χ0v) is 17.7. The number of unbranched alkanes of at least 4 members (excludes halogenated alkanes) is 2. The molecule has 4 N–H and O–H groups in total. The maximum absolute atomic E-state index is 11.2. The third-order valence-electron chi connectivity index (χ3n) is 4.61. The largest absolute Gasteiger partial charge is 0.479 e. The molecule has 0 amide bonds. The number of hydrogen-bond donors (Lipinski definition) is 4. The maximum Gasteiger partial charge on any atom is 0.351 e. The molecular weight excluding hydrogens is 444 g/mol. The van der Waals surface area contributed by atoms with Crippen LogP contribution in [-0.2, 0) is 25.5 Å². The van der Waals surface area contributed by atoms with Crippen LogP contribution in [0.2, 0.25) is 5.02 Å². The smallest absolute Gasteiger partial charge is 0.351 e. The van der Waals surface area contributed by atoms with Gasteiger partial charge in [-0.2, -0.15) is 0 Å². The number of hydrogen-bond acceptors (Lipinski definition) is 6. The lowest BCUT2D eigenvalue weighted by molar-refractivity contribution is -0.201. The van der Waals surface area contributed by atoms with Crippen molar-refractivity contribution in [2.45, 2.75) is 37.4 Å². The van der Waals surface area contributed by atoms with E-state index in [0.717, 1.165) is 18.4 Å². The van der Waals surface area contributed by atoms with Crippen molar-refractivity contribution in [2.24, 2.45) is 0 Å². The summed E-state index contributed by atoms with van der Waals surface area (Å²) >= 11 is 5.93. The van der Waals surface area contributed by atoms with Crippen molar-refractivity contribution < 1.29 is 44.3 Å². The minimum Gasteiger partial charge on any atom is -0.479 e. The normalized spacial score (nSPS) is 12.2. The summed E-state index contributed by atoms with van der Waals surface area (Å²) in [6.07, 6.45) is 0.0106. The lowest BCUT2D eigenvalue weighted by Crippen LogP contribution is -2.60. The molecule has 0 aliphatic rings. The monoisotopic (exact) mass is 466 g/mol. The molecule has 0 heterocycles. The SMILES string of the molecule is O=C(O)C(OCCCCCc1ccc(Oc2cccc(Cl)c2)cc1)C(O)(C(=O)O)C(=O)O. The van der Waals surface area contributed by atoms with Crippen molar-refractivity contribution >= 4 is 29.5 Å². The third-order valence-corrected chi connectivity index (χ3v) is 4.84. The summed E-state index contributed by atoms with van der Waals surface area (Å²) in [4.78, 5) is 33.3. The molecule has 0 aliphatic heterocycles. The van der Waals surface area contributed by atoms with Gasteiger partial charge in [-0.25, -0.2) is 14.4 Å². The van der Waals surface area contributed by atoms with E-state index in [1.165, 1.54) is 0 Å². The molecule has 0 saturated carbocycles. The molecule has 172 valence electrons. The molecule has 9 nitrogen and oxygen atoms in total. The Kier molecular flexibility index (Phi) is 9.01. The van der Waals surface area contributed by atoms with Gasteiger partial charge in [-0.3, -0.25) is 0 Å². The predicted molar refractivity (Wildman–Crippen MR) is 113 cm³/mol. The summed E-state index contributed by atoms with van der Waals surface area (Å²) in [6.45, 7) is -0.216. The number of aliphatic carboxylic acids is 3. The molecule has 2 rings (SSSR count). The Morgan fingerprint density at radius 2 is 1.56 bits per heavy atom. The Morgan fingerprint density at radius 1 is 0.906 bits per heavy atom. The van der Waals surface area contributed by atoms with E-state index in [9.17, 15) is 19.5 Å². The summed E-state index contributed by atoms with van der Waals surface area (Å²) in [5.41, 5.74) is -2.51. The molecular formula is C22H23ClO9. The van der Waals surface area contributed by atoms with Crippen LogP contribution in [0.25, 0.3) is 0 Å². The summed E-state index contributed by atoms with van der Waals surface area (Å²) in [5.74, 6) is -5.01. The Balaban J connectivity index is 1.77. The Labute approximate surface area is 188 Å². The van der Waals surface area contributed by atoms with Gasteiger partial charge in [0, 0.05) is 11.6 Å². The average Bonchev–Trinajstić information content (AvgIpc) is 2.73. The van der Waals surface area contributed by atoms with E-state index < -0.39 is 29.6 Å². The number of aliphatic hydroxyl groups is 1. The van der Waals surface area contributed by atoms with E-state index in [-0.39, 0.29) is 6.61 Å². The van der Waals surface area contributed by atoms with Crippen LogP contribution in [0.3, 0.4) is 0 Å². The Bertz CT molecular complexity index is 929. The Hall–Kier alpha value is -3.14. The van der Waals surface area contributed by atoms with Crippen LogP contribution < -0.4 is 4.74 Å². The maximum atomic E-state index is 11.2. The van der Waals surface area contributed by atoms with Crippen LogP contribution in [0.4, 0.5) is 0 Å². The van der Waals surface area contributed by atoms with Crippen molar-refractivity contribution in [3.05, 3.63) is 59.1 Å². The van der Waals surface area contributed by atoms with Gasteiger partial charge < -0.3 is 29.9 Å². The number of benzene rings is 2. The molecule has 2 aromatic rings. The number of carboxylic acid groups (broad SMARTS) is 3. The molecule has 32 heavy (non-hydrogen) atoms. The zero-order valence-electron chi connectivity index (χ0n) is 16.9. The van der Waals surface area contributed by atoms with Gasteiger partial charge >= 0.3 is 17.9 Å². The Morgan fingerprint density at radius 3 is 2.12 bits per heavy atom. The van der Waals surface area contributed by atoms with Crippen LogP contribution in [0, 0.1) is 0 Å². The highest BCUT2D eigenvalue weighted by Gasteiger charge is 2.56. The summed E-state index contributed by atoms with van der Waals surface area (Å²) in [7, 11) is 0. The van der Waals surface area contributed by atoms with Crippen molar-refractivity contribution in [2.75, 3.05) is 6.61 Å². The minimum atomic E-state index is -3.57. The minimum absolute atomic E-state index is 0.216. The average molecular weight is 467 g/mol. The van der Waals surface area contributed by atoms with Crippen molar-refractivity contribution in [3.8, 4) is 11.5 Å². The second-order valence-corrected chi connectivity index (χ2v) is 7.42. The van der Waals surface area contributed by atoms with Crippen LogP contribution in [0.1, 0.15) is 24.8 Å². The summed E-state index contributed by atoms with van der Waals surface area (Å²) in [5, 5.41) is 37.2. The summed E-state index contributed by atoms with van der Waals surface area (Å²) < 4.78 is 10.6. The highest BCUT2D eigenvalue weighted by atomic mass is 35.5. The van der Waals surface area contributed by atoms with Gasteiger partial charge in [0.25, 0.3) is 5.60 Å². The van der Waals surface area contributed by atoms with Crippen LogP contribution in [0.15, 0.2) is 48.5 Å². The lowest BCUT2D eigenvalue weighted by atomic mass is 9.97. The highest BCUT2D eigenvalue weighted by molar-refractivity contribution is 6.30. The first-order valence-corrected chi connectivity index (χ1v) is 10.1. The first-order chi connectivity index (χ1) is 15.1. The molecule has 0 saturated heterocycles. The number of ether oxygens (including phenoxy) is 2. The second-order valence-electron chi connectivity index (χ2n) is 6.98. The van der Waals surface area contributed by atoms with Crippen LogP contribution in [-0.4, -0.2) is 56.6 Å². The molecule has 0 spiro atoms. The molecule has 0 radical (unpaired) electrons. The molecule has 0 aromatic heterocycles. The van der Waals surface area contributed by atoms with Crippen LogP contribution in [0.5, 0.6) is 11.5 Å². The fourth-order valence-corrected chi connectivity index (χ4v) is 3.07. The summed E-state index contributed by atoms with van der Waals surface area (Å²) in [6, 6.07) is 14.5. The fourth-order valence-electron chi connectivity index (χ4n) is 2.89. The third kappa shape index (κ3) is 6.68. The van der Waals surface area contributed by atoms with Crippen molar-refractivity contribution in [1.29, 1.82) is 0 Å². The highest BCUT2D eigenvalue weighted by Crippen LogP contribution is 2.24. The van der Waals surface area contributed by atoms with Crippen LogP contribution >= 0.6 is 11.6 Å². The quantitative estimate of drug-likeness (QED) is 0.257. The van der Waals surface area contributed by atoms with Gasteiger partial charge in [0.1, 0.15) is 11.5 Å². The van der Waals surface area contributed by atoms with Gasteiger partial charge in [-0.1, -0.05) is 36.2 Å². The number of aryl methyl sites for hydroxylation is 1. The van der Waals surface area contributed by atoms with Gasteiger partial charge in [0.05, 0.1) is 0 Å². The molecule has 0 aliphatic carbocycles. The first-order valence-electron chi connectivity index (χ1n) is 9.70. The molecule has 1 unspecified atom stereocenters. The standard InChI is InChI=1S/C22H23ClO9/c23-15-6-4-7-17(13-15)32-16-10-8-14(9-11-16)5-2-1-3-12-31-18(19(24)25)22(30,20(26)27)21(28)29/h4,6-11,13,18,30H,1-3,5,12H2,(H,24,25)(H,26,27)(H,28,29). The van der Waals surface area contributed by atoms with E-state index >= 15 is 0 Å². The van der Waals surface area contributed by atoms with Crippen molar-refractivity contribution in [3.63, 3.8) is 0 Å². The van der Waals surface area contributed by atoms with E-state index in [4.69, 9.17) is 36.4 Å². The van der Waals surface area contributed by atoms with Gasteiger partial charge in [-0.15, -0.1) is 0 Å². The number of rotatable bonds is 13. The molecule has 10 heteroatoms. The van der Waals surface area contributed by atoms with E-state index in [0.29, 0.717) is 29.4 Å². The zero-order chi connectivity index (χ0) is 23.7. The number of halogens is 1. The first kappa shape index (κ1) is 25.1. The topological polar surface area (TPSA) is 151 Å². The van der Waals surface area contributed by atoms with E-state index in [2.05, 4.69) is 0 Å². The van der Waals surface area contributed by atoms with E-state index in [1.807, 2.05) is 24.3 Å². The lowest BCUT2D eigenvalue weighted by Gasteiger charge is -2.25. The predicted octanol–water partition coefficient (Wildman–Crippen LogP) is 3.22. The molecule has 2 aromatic carbocycles. The van der Waals surface area contributed by atoms with Gasteiger partial charge in [-0.05, 0) is 55.2 Å². The van der Waals surface area contributed by atoms with E-state index in [1.54, 1.807) is 24.3 Å². The second kappa shape index (κ2) is 11.5. The van der Waals surface area contributed by atoms with Gasteiger partial charge in [0.2, 0.25) is 6.10 Å². The van der Waals surface area contributed by atoms with Gasteiger partial charge in [0.15, 0.2) is 0 Å². The molecule has 0 bridgehead atoms. The fraction of sp³-hybridized carbons (Fsp3) is 0.318. The molecule has 1 atom stereocenters. The number of carbonyl (C=O) groups is 3.